The number of nitrogens with two attached hydrogens (primary N) is 1. The lowest BCUT2D eigenvalue weighted by atomic mass is 10.1. The molecule has 0 aliphatic carbocycles. The topological polar surface area (TPSA) is 69.6 Å². The molecule has 0 aliphatic heterocycles. The molecule has 2 rings (SSSR count). The number of nitrogen functional groups attached to an aromatic ring is 1. The van der Waals surface area contributed by atoms with Crippen LogP contribution in [-0.4, -0.2) is 19.7 Å². The third-order valence-corrected chi connectivity index (χ3v) is 2.84. The first-order valence-electron chi connectivity index (χ1n) is 4.56. The van der Waals surface area contributed by atoms with Crippen molar-refractivity contribution in [3.63, 3.8) is 0 Å². The van der Waals surface area contributed by atoms with E-state index in [4.69, 9.17) is 5.73 Å². The van der Waals surface area contributed by atoms with Gasteiger partial charge in [-0.05, 0) is 43.4 Å². The predicted molar refractivity (Wildman–Crippen MR) is 67.4 cm³/mol. The van der Waals surface area contributed by atoms with Crippen molar-refractivity contribution in [3.05, 3.63) is 10.0 Å². The minimum Gasteiger partial charge on any atom is -0.383 e. The Hall–Kier alpha value is -0.920. The first kappa shape index (κ1) is 10.6. The molecule has 6 heteroatoms. The maximum atomic E-state index is 5.80. The third-order valence-electron chi connectivity index (χ3n) is 2.09. The summed E-state index contributed by atoms with van der Waals surface area (Å²) >= 11 is 2.15. The lowest BCUT2D eigenvalue weighted by Crippen LogP contribution is -2.23. The molecule has 15 heavy (non-hydrogen) atoms. The van der Waals surface area contributed by atoms with Crippen molar-refractivity contribution in [2.45, 2.75) is 26.3 Å². The molecule has 2 aromatic heterocycles. The van der Waals surface area contributed by atoms with Gasteiger partial charge in [0.2, 0.25) is 0 Å². The summed E-state index contributed by atoms with van der Waals surface area (Å²) in [5.41, 5.74) is 6.49. The van der Waals surface area contributed by atoms with Crippen LogP contribution in [0.5, 0.6) is 0 Å². The van der Waals surface area contributed by atoms with E-state index in [-0.39, 0.29) is 5.54 Å². The lowest BCUT2D eigenvalue weighted by Gasteiger charge is -2.19. The van der Waals surface area contributed by atoms with Gasteiger partial charge in [0.1, 0.15) is 15.8 Å². The highest BCUT2D eigenvalue weighted by Gasteiger charge is 2.21. The van der Waals surface area contributed by atoms with Gasteiger partial charge in [-0.1, -0.05) is 0 Å². The van der Waals surface area contributed by atoms with Crippen molar-refractivity contribution in [1.29, 1.82) is 0 Å². The number of rotatable bonds is 0. The second-order valence-electron chi connectivity index (χ2n) is 4.33. The van der Waals surface area contributed by atoms with Crippen LogP contribution >= 0.6 is 22.6 Å². The Morgan fingerprint density at radius 1 is 1.33 bits per heavy atom. The molecule has 2 heterocycles. The molecule has 0 unspecified atom stereocenters. The Bertz CT molecular complexity index is 511. The maximum Gasteiger partial charge on any atom is 0.164 e. The van der Waals surface area contributed by atoms with Gasteiger partial charge in [0, 0.05) is 0 Å². The number of anilines is 1. The third kappa shape index (κ3) is 1.66. The molecule has 80 valence electrons. The van der Waals surface area contributed by atoms with E-state index in [2.05, 4.69) is 58.4 Å². The van der Waals surface area contributed by atoms with Gasteiger partial charge >= 0.3 is 0 Å². The molecule has 0 aromatic carbocycles. The van der Waals surface area contributed by atoms with Crippen LogP contribution in [0.4, 0.5) is 5.82 Å². The van der Waals surface area contributed by atoms with Crippen LogP contribution in [0.2, 0.25) is 0 Å². The normalized spacial score (nSPS) is 12.3. The summed E-state index contributed by atoms with van der Waals surface area (Å²) in [5, 5.41) is 5.28. The predicted octanol–water partition coefficient (Wildman–Crippen LogP) is 1.77. The molecule has 5 nitrogen and oxygen atoms in total. The van der Waals surface area contributed by atoms with E-state index in [0.717, 1.165) is 14.7 Å². The quantitative estimate of drug-likeness (QED) is 0.752. The highest BCUT2D eigenvalue weighted by Crippen LogP contribution is 2.26. The molecule has 0 saturated heterocycles. The van der Waals surface area contributed by atoms with Gasteiger partial charge in [-0.3, -0.25) is 0 Å². The fraction of sp³-hybridized carbons (Fsp3) is 0.444. The van der Waals surface area contributed by atoms with Crippen LogP contribution in [0, 0.1) is 3.70 Å². The van der Waals surface area contributed by atoms with Gasteiger partial charge in [-0.15, -0.1) is 0 Å². The number of hydrogen-bond acceptors (Lipinski definition) is 4. The van der Waals surface area contributed by atoms with Crippen molar-refractivity contribution in [2.75, 3.05) is 5.73 Å². The molecule has 0 amide bonds. The Morgan fingerprint density at radius 2 is 2.00 bits per heavy atom. The zero-order valence-corrected chi connectivity index (χ0v) is 11.0. The van der Waals surface area contributed by atoms with E-state index in [9.17, 15) is 0 Å². The summed E-state index contributed by atoms with van der Waals surface area (Å²) in [6.45, 7) is 6.23. The smallest absolute Gasteiger partial charge is 0.164 e. The van der Waals surface area contributed by atoms with Gasteiger partial charge in [0.15, 0.2) is 5.65 Å². The first-order chi connectivity index (χ1) is 6.91. The van der Waals surface area contributed by atoms with Gasteiger partial charge in [-0.25, -0.2) is 14.6 Å². The second-order valence-corrected chi connectivity index (χ2v) is 5.35. The number of hydrogen-bond donors (Lipinski definition) is 1. The van der Waals surface area contributed by atoms with Crippen LogP contribution in [0.3, 0.4) is 0 Å². The fourth-order valence-electron chi connectivity index (χ4n) is 1.40. The molecule has 0 bridgehead atoms. The molecule has 2 N–H and O–H groups in total. The Kier molecular flexibility index (Phi) is 2.32. The summed E-state index contributed by atoms with van der Waals surface area (Å²) < 4.78 is 2.72. The van der Waals surface area contributed by atoms with Crippen molar-refractivity contribution in [1.82, 2.24) is 19.7 Å². The molecule has 0 aliphatic rings. The van der Waals surface area contributed by atoms with Crippen molar-refractivity contribution in [3.8, 4) is 0 Å². The Balaban J connectivity index is 2.85. The van der Waals surface area contributed by atoms with Crippen LogP contribution in [0.25, 0.3) is 11.0 Å². The SMILES string of the molecule is CC(C)(C)n1nc(I)c2c(N)ncnc21. The minimum atomic E-state index is -0.109. The Labute approximate surface area is 101 Å². The van der Waals surface area contributed by atoms with Crippen LogP contribution in [0.15, 0.2) is 6.33 Å². The fourth-order valence-corrected chi connectivity index (χ4v) is 2.13. The van der Waals surface area contributed by atoms with E-state index >= 15 is 0 Å². The summed E-state index contributed by atoms with van der Waals surface area (Å²) in [4.78, 5) is 8.21. The van der Waals surface area contributed by atoms with Crippen LogP contribution in [-0.2, 0) is 5.54 Å². The van der Waals surface area contributed by atoms with Gasteiger partial charge in [-0.2, -0.15) is 5.10 Å². The molecule has 2 aromatic rings. The zero-order chi connectivity index (χ0) is 11.2. The monoisotopic (exact) mass is 317 g/mol. The number of fused-ring (bicyclic) bond motifs is 1. The highest BCUT2D eigenvalue weighted by molar-refractivity contribution is 14.1. The zero-order valence-electron chi connectivity index (χ0n) is 8.82. The van der Waals surface area contributed by atoms with E-state index in [1.54, 1.807) is 0 Å². The van der Waals surface area contributed by atoms with E-state index in [0.29, 0.717) is 5.82 Å². The van der Waals surface area contributed by atoms with Gasteiger partial charge in [0.25, 0.3) is 0 Å². The standard InChI is InChI=1S/C9H12IN5/c1-9(2,3)15-8-5(6(10)14-15)7(11)12-4-13-8/h4H,1-3H3,(H2,11,12,13). The van der Waals surface area contributed by atoms with E-state index < -0.39 is 0 Å². The van der Waals surface area contributed by atoms with Gasteiger partial charge in [0.05, 0.1) is 10.9 Å². The molecule has 0 saturated carbocycles. The maximum absolute atomic E-state index is 5.80. The lowest BCUT2D eigenvalue weighted by molar-refractivity contribution is 0.364. The Morgan fingerprint density at radius 3 is 2.60 bits per heavy atom. The first-order valence-corrected chi connectivity index (χ1v) is 5.64. The largest absolute Gasteiger partial charge is 0.383 e. The summed E-state index contributed by atoms with van der Waals surface area (Å²) in [5.74, 6) is 0.486. The van der Waals surface area contributed by atoms with E-state index in [1.807, 2.05) is 4.68 Å². The molecule has 0 atom stereocenters. The van der Waals surface area contributed by atoms with Crippen LogP contribution in [0.1, 0.15) is 20.8 Å². The van der Waals surface area contributed by atoms with Crippen molar-refractivity contribution >= 4 is 39.4 Å². The van der Waals surface area contributed by atoms with E-state index in [1.165, 1.54) is 6.33 Å². The van der Waals surface area contributed by atoms with Crippen molar-refractivity contribution < 1.29 is 0 Å². The molecular formula is C9H12IN5. The summed E-state index contributed by atoms with van der Waals surface area (Å²) in [6, 6.07) is 0. The molecular weight excluding hydrogens is 305 g/mol. The van der Waals surface area contributed by atoms with Crippen LogP contribution < -0.4 is 5.73 Å². The molecule has 0 radical (unpaired) electrons. The second kappa shape index (κ2) is 3.29. The summed E-state index contributed by atoms with van der Waals surface area (Å²) in [7, 11) is 0. The molecule has 0 fully saturated rings. The highest BCUT2D eigenvalue weighted by atomic mass is 127. The average Bonchev–Trinajstić information content (AvgIpc) is 2.44. The summed E-state index contributed by atoms with van der Waals surface area (Å²) in [6.07, 6.45) is 1.47. The minimum absolute atomic E-state index is 0.109. The number of halogens is 1. The average molecular weight is 317 g/mol. The van der Waals surface area contributed by atoms with Crippen molar-refractivity contribution in [2.24, 2.45) is 0 Å². The number of nitrogens with zero attached hydrogens (tertiary/aromatic N) is 4. The molecule has 0 spiro atoms. The van der Waals surface area contributed by atoms with Gasteiger partial charge < -0.3 is 5.73 Å². The number of aromatic nitrogens is 4.